The van der Waals surface area contributed by atoms with Gasteiger partial charge in [0.2, 0.25) is 0 Å². The van der Waals surface area contributed by atoms with Gasteiger partial charge >= 0.3 is 11.9 Å². The fourth-order valence-corrected chi connectivity index (χ4v) is 2.21. The van der Waals surface area contributed by atoms with Gasteiger partial charge in [0.1, 0.15) is 11.3 Å². The number of esters is 1. The molecule has 2 aromatic rings. The second-order valence-electron chi connectivity index (χ2n) is 5.55. The lowest BCUT2D eigenvalue weighted by molar-refractivity contribution is -0.258. The van der Waals surface area contributed by atoms with Crippen molar-refractivity contribution in [3.63, 3.8) is 0 Å². The van der Waals surface area contributed by atoms with Gasteiger partial charge in [0.05, 0.1) is 12.3 Å². The third-order valence-electron chi connectivity index (χ3n) is 3.44. The van der Waals surface area contributed by atoms with Crippen molar-refractivity contribution >= 4 is 23.5 Å². The van der Waals surface area contributed by atoms with Crippen LogP contribution in [0, 0.1) is 0 Å². The summed E-state index contributed by atoms with van der Waals surface area (Å²) in [5.41, 5.74) is 8.99. The third kappa shape index (κ3) is 6.61. The van der Waals surface area contributed by atoms with Gasteiger partial charge in [0.25, 0.3) is 5.91 Å². The SMILES string of the molecule is CC(=O)OCC(=O)OONc1cccc(OCCc2ccccc2)c1C(N)=O. The molecule has 0 atom stereocenters. The molecule has 1 amide bonds. The first kappa shape index (κ1) is 20.7. The Labute approximate surface area is 161 Å². The summed E-state index contributed by atoms with van der Waals surface area (Å²) in [4.78, 5) is 42.7. The van der Waals surface area contributed by atoms with Crippen LogP contribution in [0.15, 0.2) is 48.5 Å². The molecule has 28 heavy (non-hydrogen) atoms. The van der Waals surface area contributed by atoms with E-state index >= 15 is 0 Å². The van der Waals surface area contributed by atoms with Gasteiger partial charge in [-0.3, -0.25) is 14.5 Å². The fourth-order valence-electron chi connectivity index (χ4n) is 2.21. The third-order valence-corrected chi connectivity index (χ3v) is 3.44. The molecule has 3 N–H and O–H groups in total. The average molecular weight is 388 g/mol. The summed E-state index contributed by atoms with van der Waals surface area (Å²) in [6, 6.07) is 14.4. The highest BCUT2D eigenvalue weighted by atomic mass is 17.3. The Hall–Kier alpha value is -3.59. The van der Waals surface area contributed by atoms with E-state index in [1.807, 2.05) is 30.3 Å². The first-order valence-electron chi connectivity index (χ1n) is 8.32. The molecule has 0 saturated carbocycles. The Morgan fingerprint density at radius 1 is 1.04 bits per heavy atom. The molecule has 2 aromatic carbocycles. The maximum atomic E-state index is 11.8. The number of rotatable bonds is 10. The molecule has 0 heterocycles. The van der Waals surface area contributed by atoms with Gasteiger partial charge < -0.3 is 15.2 Å². The molecule has 0 spiro atoms. The number of ether oxygens (including phenoxy) is 2. The van der Waals surface area contributed by atoms with Crippen LogP contribution in [0.1, 0.15) is 22.8 Å². The predicted octanol–water partition coefficient (Wildman–Crippen LogP) is 1.77. The van der Waals surface area contributed by atoms with Crippen LogP contribution < -0.4 is 16.0 Å². The Balaban J connectivity index is 1.95. The molecule has 0 bridgehead atoms. The molecular formula is C19H20N2O7. The largest absolute Gasteiger partial charge is 0.492 e. The number of carbonyl (C=O) groups is 3. The lowest BCUT2D eigenvalue weighted by Crippen LogP contribution is -2.19. The molecule has 0 saturated heterocycles. The van der Waals surface area contributed by atoms with Crippen LogP contribution in [-0.2, 0) is 30.6 Å². The van der Waals surface area contributed by atoms with E-state index in [4.69, 9.17) is 10.5 Å². The van der Waals surface area contributed by atoms with Gasteiger partial charge in [0, 0.05) is 13.3 Å². The van der Waals surface area contributed by atoms with Crippen molar-refractivity contribution in [3.8, 4) is 5.75 Å². The number of primary amides is 1. The number of amides is 1. The topological polar surface area (TPSA) is 126 Å². The summed E-state index contributed by atoms with van der Waals surface area (Å²) < 4.78 is 10.1. The molecule has 9 nitrogen and oxygen atoms in total. The lowest BCUT2D eigenvalue weighted by Gasteiger charge is -2.14. The number of anilines is 1. The summed E-state index contributed by atoms with van der Waals surface area (Å²) in [5, 5.41) is 0. The normalized spacial score (nSPS) is 10.0. The number of hydrogen-bond acceptors (Lipinski definition) is 8. The van der Waals surface area contributed by atoms with E-state index in [0.29, 0.717) is 13.0 Å². The van der Waals surface area contributed by atoms with Crippen LogP contribution in [0.3, 0.4) is 0 Å². The zero-order chi connectivity index (χ0) is 20.4. The molecule has 9 heteroatoms. The zero-order valence-electron chi connectivity index (χ0n) is 15.2. The highest BCUT2D eigenvalue weighted by Gasteiger charge is 2.16. The highest BCUT2D eigenvalue weighted by molar-refractivity contribution is 6.01. The van der Waals surface area contributed by atoms with Crippen LogP contribution in [0.4, 0.5) is 5.69 Å². The second-order valence-corrected chi connectivity index (χ2v) is 5.55. The molecule has 0 aliphatic heterocycles. The van der Waals surface area contributed by atoms with E-state index in [1.54, 1.807) is 12.1 Å². The Kier molecular flexibility index (Phi) is 7.79. The number of nitrogens with one attached hydrogen (secondary N) is 1. The smallest absolute Gasteiger partial charge is 0.382 e. The molecule has 0 fully saturated rings. The van der Waals surface area contributed by atoms with Crippen molar-refractivity contribution in [3.05, 3.63) is 59.7 Å². The summed E-state index contributed by atoms with van der Waals surface area (Å²) in [6.07, 6.45) is 0.640. The summed E-state index contributed by atoms with van der Waals surface area (Å²) in [7, 11) is 0. The minimum absolute atomic E-state index is 0.0339. The van der Waals surface area contributed by atoms with Crippen molar-refractivity contribution in [1.29, 1.82) is 0 Å². The molecule has 0 aromatic heterocycles. The maximum Gasteiger partial charge on any atom is 0.382 e. The monoisotopic (exact) mass is 388 g/mol. The van der Waals surface area contributed by atoms with Gasteiger partial charge in [-0.15, -0.1) is 0 Å². The van der Waals surface area contributed by atoms with Crippen molar-refractivity contribution in [2.24, 2.45) is 5.73 Å². The van der Waals surface area contributed by atoms with Crippen LogP contribution in [0.2, 0.25) is 0 Å². The minimum Gasteiger partial charge on any atom is -0.492 e. The molecule has 148 valence electrons. The zero-order valence-corrected chi connectivity index (χ0v) is 15.2. The second kappa shape index (κ2) is 10.5. The maximum absolute atomic E-state index is 11.8. The summed E-state index contributed by atoms with van der Waals surface area (Å²) in [6.45, 7) is 0.864. The number of hydrogen-bond donors (Lipinski definition) is 2. The molecule has 0 radical (unpaired) electrons. The summed E-state index contributed by atoms with van der Waals surface area (Å²) >= 11 is 0. The van der Waals surface area contributed by atoms with Crippen LogP contribution in [0.5, 0.6) is 5.75 Å². The number of benzene rings is 2. The average Bonchev–Trinajstić information content (AvgIpc) is 2.67. The number of nitrogens with two attached hydrogens (primary N) is 1. The Morgan fingerprint density at radius 3 is 2.46 bits per heavy atom. The number of carbonyl (C=O) groups excluding carboxylic acids is 3. The van der Waals surface area contributed by atoms with Crippen molar-refractivity contribution in [2.75, 3.05) is 18.7 Å². The van der Waals surface area contributed by atoms with Gasteiger partial charge in [-0.1, -0.05) is 41.4 Å². The Morgan fingerprint density at radius 2 is 1.79 bits per heavy atom. The van der Waals surface area contributed by atoms with E-state index in [9.17, 15) is 14.4 Å². The van der Waals surface area contributed by atoms with E-state index in [0.717, 1.165) is 12.5 Å². The van der Waals surface area contributed by atoms with E-state index < -0.39 is 24.5 Å². The lowest BCUT2D eigenvalue weighted by atomic mass is 10.1. The molecule has 2 rings (SSSR count). The first-order valence-corrected chi connectivity index (χ1v) is 8.32. The van der Waals surface area contributed by atoms with Crippen molar-refractivity contribution in [1.82, 2.24) is 0 Å². The molecule has 0 aliphatic rings. The van der Waals surface area contributed by atoms with Gasteiger partial charge in [0.15, 0.2) is 6.61 Å². The predicted molar refractivity (Wildman–Crippen MR) is 98.0 cm³/mol. The quantitative estimate of drug-likeness (QED) is 0.358. The standard InChI is InChI=1S/C19H20N2O7/c1-13(22)26-12-17(23)27-28-21-15-8-5-9-16(18(15)19(20)24)25-11-10-14-6-3-2-4-7-14/h2-9,21H,10-12H2,1H3,(H2,20,24). The van der Waals surface area contributed by atoms with Crippen molar-refractivity contribution in [2.45, 2.75) is 13.3 Å². The van der Waals surface area contributed by atoms with Gasteiger partial charge in [-0.05, 0) is 17.7 Å². The highest BCUT2D eigenvalue weighted by Crippen LogP contribution is 2.26. The van der Waals surface area contributed by atoms with Crippen LogP contribution >= 0.6 is 0 Å². The van der Waals surface area contributed by atoms with E-state index in [-0.39, 0.29) is 17.0 Å². The van der Waals surface area contributed by atoms with Gasteiger partial charge in [-0.25, -0.2) is 10.3 Å². The first-order chi connectivity index (χ1) is 13.5. The van der Waals surface area contributed by atoms with E-state index in [2.05, 4.69) is 20.1 Å². The Bertz CT molecular complexity index is 824. The molecule has 0 unspecified atom stereocenters. The van der Waals surface area contributed by atoms with E-state index in [1.165, 1.54) is 6.07 Å². The van der Waals surface area contributed by atoms with Crippen molar-refractivity contribution < 1.29 is 33.7 Å². The fraction of sp³-hybridized carbons (Fsp3) is 0.211. The molecule has 0 aliphatic carbocycles. The minimum atomic E-state index is -0.946. The summed E-state index contributed by atoms with van der Waals surface area (Å²) in [5.74, 6) is -2.09. The molecular weight excluding hydrogens is 368 g/mol. The van der Waals surface area contributed by atoms with Gasteiger partial charge in [-0.2, -0.15) is 0 Å². The van der Waals surface area contributed by atoms with Crippen LogP contribution in [0.25, 0.3) is 0 Å². The van der Waals surface area contributed by atoms with Crippen LogP contribution in [-0.4, -0.2) is 31.1 Å².